The van der Waals surface area contributed by atoms with Crippen molar-refractivity contribution < 1.29 is 4.74 Å². The number of fused-ring (bicyclic) bond motifs is 1. The fourth-order valence-electron chi connectivity index (χ4n) is 2.45. The van der Waals surface area contributed by atoms with Gasteiger partial charge in [0.05, 0.1) is 12.1 Å². The highest BCUT2D eigenvalue weighted by Crippen LogP contribution is 2.50. The summed E-state index contributed by atoms with van der Waals surface area (Å²) in [5.74, 6) is 0.716. The number of benzene rings is 1. The molecule has 0 atom stereocenters. The normalized spacial score (nSPS) is 17.4. The van der Waals surface area contributed by atoms with Gasteiger partial charge >= 0.3 is 0 Å². The Balaban J connectivity index is 2.21. The van der Waals surface area contributed by atoms with Gasteiger partial charge in [0.1, 0.15) is 5.75 Å². The van der Waals surface area contributed by atoms with Crippen molar-refractivity contribution in [2.24, 2.45) is 5.73 Å². The Bertz CT molecular complexity index is 572. The number of nitrogens with two attached hydrogens (primary N) is 1. The van der Waals surface area contributed by atoms with Crippen molar-refractivity contribution in [2.75, 3.05) is 13.7 Å². The van der Waals surface area contributed by atoms with Crippen LogP contribution in [-0.2, 0) is 5.41 Å². The van der Waals surface area contributed by atoms with Crippen molar-refractivity contribution in [1.82, 2.24) is 4.98 Å². The molecule has 0 aliphatic heterocycles. The minimum absolute atomic E-state index is 0.178. The Morgan fingerprint density at radius 1 is 1.47 bits per heavy atom. The van der Waals surface area contributed by atoms with Crippen molar-refractivity contribution in [1.29, 1.82) is 0 Å². The summed E-state index contributed by atoms with van der Waals surface area (Å²) in [4.78, 5) is 3.27. The molecule has 0 spiro atoms. The van der Waals surface area contributed by atoms with Gasteiger partial charge in [-0.1, -0.05) is 11.6 Å². The molecule has 1 heterocycles. The third-order valence-corrected chi connectivity index (χ3v) is 4.07. The summed E-state index contributed by atoms with van der Waals surface area (Å²) in [6.45, 7) is 0.699. The standard InChI is InChI=1S/C13H15ClN2O/c1-17-12-4-8-9(13(7-15)2-3-13)6-16-11(8)5-10(12)14/h4-6,16H,2-3,7,15H2,1H3. The molecule has 0 saturated heterocycles. The number of hydrogen-bond acceptors (Lipinski definition) is 2. The maximum atomic E-state index is 6.11. The molecule has 17 heavy (non-hydrogen) atoms. The van der Waals surface area contributed by atoms with E-state index in [-0.39, 0.29) is 5.41 Å². The van der Waals surface area contributed by atoms with E-state index in [2.05, 4.69) is 11.2 Å². The van der Waals surface area contributed by atoms with Crippen LogP contribution in [0, 0.1) is 0 Å². The molecule has 3 nitrogen and oxygen atoms in total. The van der Waals surface area contributed by atoms with E-state index in [9.17, 15) is 0 Å². The molecule has 0 amide bonds. The van der Waals surface area contributed by atoms with E-state index in [0.717, 1.165) is 5.52 Å². The lowest BCUT2D eigenvalue weighted by Crippen LogP contribution is -2.19. The summed E-state index contributed by atoms with van der Waals surface area (Å²) in [6, 6.07) is 3.91. The number of methoxy groups -OCH3 is 1. The lowest BCUT2D eigenvalue weighted by molar-refractivity contribution is 0.415. The molecule has 1 fully saturated rings. The summed E-state index contributed by atoms with van der Waals surface area (Å²) < 4.78 is 5.27. The Hall–Kier alpha value is -1.19. The number of ether oxygens (including phenoxy) is 1. The first-order valence-corrected chi connectivity index (χ1v) is 6.13. The van der Waals surface area contributed by atoms with Gasteiger partial charge in [-0.15, -0.1) is 0 Å². The van der Waals surface area contributed by atoms with Gasteiger partial charge in [-0.05, 0) is 30.5 Å². The lowest BCUT2D eigenvalue weighted by Gasteiger charge is -2.11. The van der Waals surface area contributed by atoms with Gasteiger partial charge in [0, 0.05) is 29.1 Å². The maximum Gasteiger partial charge on any atom is 0.138 e. The molecule has 3 rings (SSSR count). The topological polar surface area (TPSA) is 51.0 Å². The molecule has 1 aromatic carbocycles. The molecule has 4 heteroatoms. The molecule has 2 aromatic rings. The third kappa shape index (κ3) is 1.53. The van der Waals surface area contributed by atoms with Crippen LogP contribution in [0.1, 0.15) is 18.4 Å². The average Bonchev–Trinajstić information content (AvgIpc) is 3.03. The summed E-state index contributed by atoms with van der Waals surface area (Å²) in [5.41, 5.74) is 8.40. The first-order chi connectivity index (χ1) is 8.20. The SMILES string of the molecule is COc1cc2c(C3(CN)CC3)c[nH]c2cc1Cl. The molecule has 1 aliphatic rings. The molecular formula is C13H15ClN2O. The zero-order chi connectivity index (χ0) is 12.0. The first kappa shape index (κ1) is 10.9. The molecule has 1 aliphatic carbocycles. The Morgan fingerprint density at radius 2 is 2.24 bits per heavy atom. The number of halogens is 1. The molecule has 0 radical (unpaired) electrons. The zero-order valence-electron chi connectivity index (χ0n) is 9.72. The number of rotatable bonds is 3. The van der Waals surface area contributed by atoms with Crippen LogP contribution in [0.3, 0.4) is 0 Å². The van der Waals surface area contributed by atoms with Crippen LogP contribution in [0.2, 0.25) is 5.02 Å². The smallest absolute Gasteiger partial charge is 0.138 e. The number of aromatic amines is 1. The summed E-state index contributed by atoms with van der Waals surface area (Å²) in [5, 5.41) is 1.81. The minimum Gasteiger partial charge on any atom is -0.495 e. The lowest BCUT2D eigenvalue weighted by atomic mass is 9.95. The zero-order valence-corrected chi connectivity index (χ0v) is 10.5. The van der Waals surface area contributed by atoms with Crippen molar-refractivity contribution in [2.45, 2.75) is 18.3 Å². The van der Waals surface area contributed by atoms with Crippen LogP contribution in [-0.4, -0.2) is 18.6 Å². The number of nitrogens with one attached hydrogen (secondary N) is 1. The second-order valence-electron chi connectivity index (χ2n) is 4.72. The largest absolute Gasteiger partial charge is 0.495 e. The van der Waals surface area contributed by atoms with Crippen LogP contribution in [0.4, 0.5) is 0 Å². The van der Waals surface area contributed by atoms with E-state index in [0.29, 0.717) is 17.3 Å². The molecular weight excluding hydrogens is 236 g/mol. The number of hydrogen-bond donors (Lipinski definition) is 2. The third-order valence-electron chi connectivity index (χ3n) is 3.77. The molecule has 0 bridgehead atoms. The molecule has 1 aromatic heterocycles. The predicted molar refractivity (Wildman–Crippen MR) is 69.8 cm³/mol. The second kappa shape index (κ2) is 3.65. The van der Waals surface area contributed by atoms with E-state index in [4.69, 9.17) is 22.1 Å². The van der Waals surface area contributed by atoms with Crippen molar-refractivity contribution in [3.63, 3.8) is 0 Å². The number of H-pyrrole nitrogens is 1. The summed E-state index contributed by atoms with van der Waals surface area (Å²) in [7, 11) is 1.63. The Morgan fingerprint density at radius 3 is 2.82 bits per heavy atom. The quantitative estimate of drug-likeness (QED) is 0.880. The van der Waals surface area contributed by atoms with E-state index in [1.165, 1.54) is 23.8 Å². The monoisotopic (exact) mass is 250 g/mol. The highest BCUT2D eigenvalue weighted by Gasteiger charge is 2.44. The summed E-state index contributed by atoms with van der Waals surface area (Å²) >= 11 is 6.11. The van der Waals surface area contributed by atoms with Gasteiger partial charge in [-0.3, -0.25) is 0 Å². The van der Waals surface area contributed by atoms with E-state index >= 15 is 0 Å². The van der Waals surface area contributed by atoms with Gasteiger partial charge in [0.2, 0.25) is 0 Å². The minimum atomic E-state index is 0.178. The van der Waals surface area contributed by atoms with Crippen molar-refractivity contribution in [3.05, 3.63) is 28.9 Å². The fourth-order valence-corrected chi connectivity index (χ4v) is 2.69. The van der Waals surface area contributed by atoms with Crippen LogP contribution in [0.25, 0.3) is 10.9 Å². The first-order valence-electron chi connectivity index (χ1n) is 5.75. The van der Waals surface area contributed by atoms with Crippen LogP contribution in [0.15, 0.2) is 18.3 Å². The fraction of sp³-hybridized carbons (Fsp3) is 0.385. The van der Waals surface area contributed by atoms with Crippen LogP contribution < -0.4 is 10.5 Å². The second-order valence-corrected chi connectivity index (χ2v) is 5.13. The molecule has 1 saturated carbocycles. The molecule has 3 N–H and O–H groups in total. The summed E-state index contributed by atoms with van der Waals surface area (Å²) in [6.07, 6.45) is 4.39. The van der Waals surface area contributed by atoms with E-state index < -0.39 is 0 Å². The predicted octanol–water partition coefficient (Wildman–Crippen LogP) is 2.82. The van der Waals surface area contributed by atoms with Gasteiger partial charge in [0.25, 0.3) is 0 Å². The van der Waals surface area contributed by atoms with Gasteiger partial charge in [-0.25, -0.2) is 0 Å². The van der Waals surface area contributed by atoms with Crippen molar-refractivity contribution >= 4 is 22.5 Å². The van der Waals surface area contributed by atoms with Crippen LogP contribution >= 0.6 is 11.6 Å². The van der Waals surface area contributed by atoms with E-state index in [1.807, 2.05) is 12.1 Å². The Kier molecular flexibility index (Phi) is 2.35. The maximum absolute atomic E-state index is 6.11. The van der Waals surface area contributed by atoms with Gasteiger partial charge in [0.15, 0.2) is 0 Å². The molecule has 90 valence electrons. The van der Waals surface area contributed by atoms with E-state index in [1.54, 1.807) is 7.11 Å². The molecule has 0 unspecified atom stereocenters. The highest BCUT2D eigenvalue weighted by molar-refractivity contribution is 6.32. The van der Waals surface area contributed by atoms with Crippen LogP contribution in [0.5, 0.6) is 5.75 Å². The Labute approximate surface area is 105 Å². The highest BCUT2D eigenvalue weighted by atomic mass is 35.5. The average molecular weight is 251 g/mol. The van der Waals surface area contributed by atoms with Gasteiger partial charge in [-0.2, -0.15) is 0 Å². The van der Waals surface area contributed by atoms with Gasteiger partial charge < -0.3 is 15.5 Å². The van der Waals surface area contributed by atoms with Crippen molar-refractivity contribution in [3.8, 4) is 5.75 Å². The number of aromatic nitrogens is 1.